The number of rotatable bonds is 14. The number of nitrogens with one attached hydrogen (secondary N) is 2. The zero-order valence-corrected chi connectivity index (χ0v) is 25.7. The molecule has 1 heterocycles. The summed E-state index contributed by atoms with van der Waals surface area (Å²) in [6, 6.07) is 23.1. The average Bonchev–Trinajstić information content (AvgIpc) is 3.35. The number of amides is 1. The number of nitrogens with zero attached hydrogens (tertiary/aromatic N) is 1. The van der Waals surface area contributed by atoms with Gasteiger partial charge < -0.3 is 14.6 Å². The molecule has 0 radical (unpaired) electrons. The van der Waals surface area contributed by atoms with E-state index in [0.717, 1.165) is 44.9 Å². The monoisotopic (exact) mass is 671 g/mol. The molecule has 4 rings (SSSR count). The van der Waals surface area contributed by atoms with Crippen molar-refractivity contribution in [1.82, 2.24) is 10.9 Å². The van der Waals surface area contributed by atoms with Gasteiger partial charge in [-0.1, -0.05) is 82.0 Å². The first-order chi connectivity index (χ1) is 19.5. The van der Waals surface area contributed by atoms with Crippen LogP contribution in [0.1, 0.15) is 55.4 Å². The molecule has 0 bridgehead atoms. The van der Waals surface area contributed by atoms with Crippen molar-refractivity contribution >= 4 is 43.7 Å². The molecule has 3 aromatic carbocycles. The maximum absolute atomic E-state index is 14.1. The summed E-state index contributed by atoms with van der Waals surface area (Å²) in [4.78, 5) is 19.2. The summed E-state index contributed by atoms with van der Waals surface area (Å²) < 4.78 is 14.1. The largest absolute Gasteiger partial charge is 0.494 e. The van der Waals surface area contributed by atoms with Crippen molar-refractivity contribution in [2.45, 2.75) is 50.7 Å². The summed E-state index contributed by atoms with van der Waals surface area (Å²) in [7, 11) is 0. The highest BCUT2D eigenvalue weighted by atomic mass is 79.9. The van der Waals surface area contributed by atoms with Gasteiger partial charge in [-0.25, -0.2) is 10.4 Å². The van der Waals surface area contributed by atoms with Crippen LogP contribution in [0.15, 0.2) is 86.7 Å². The number of aliphatic hydroxyl groups excluding tert-OH is 1. The standard InChI is InChI=1S/C31H35Br2N3O4/c1-2-3-6-18-34-36-30(38)31(21-22-10-14-24(32)15-11-22)28(26-8-4-5-9-27(26)33)40-29(35-31)23-12-16-25(17-13-23)39-20-7-19-37/h4-5,8-17,28,34,37H,2-3,6-7,18-21H2,1H3,(H,36,38)/t28-,31-/m0/s1. The fourth-order valence-electron chi connectivity index (χ4n) is 4.57. The number of hydrazine groups is 1. The van der Waals surface area contributed by atoms with Crippen molar-refractivity contribution in [2.24, 2.45) is 4.99 Å². The van der Waals surface area contributed by atoms with E-state index in [9.17, 15) is 4.79 Å². The Labute approximate surface area is 252 Å². The molecule has 0 aliphatic carbocycles. The fourth-order valence-corrected chi connectivity index (χ4v) is 5.33. The van der Waals surface area contributed by atoms with E-state index in [1.807, 2.05) is 72.8 Å². The minimum Gasteiger partial charge on any atom is -0.494 e. The van der Waals surface area contributed by atoms with Crippen molar-refractivity contribution in [1.29, 1.82) is 0 Å². The Kier molecular flexibility index (Phi) is 11.2. The van der Waals surface area contributed by atoms with Gasteiger partial charge in [0.25, 0.3) is 5.91 Å². The smallest absolute Gasteiger partial charge is 0.266 e. The molecule has 3 N–H and O–H groups in total. The molecule has 9 heteroatoms. The van der Waals surface area contributed by atoms with Gasteiger partial charge in [0.1, 0.15) is 5.75 Å². The van der Waals surface area contributed by atoms with Gasteiger partial charge in [0, 0.05) is 46.1 Å². The van der Waals surface area contributed by atoms with Crippen LogP contribution in [-0.4, -0.2) is 42.2 Å². The molecule has 0 saturated heterocycles. The molecule has 212 valence electrons. The van der Waals surface area contributed by atoms with Crippen LogP contribution >= 0.6 is 31.9 Å². The summed E-state index contributed by atoms with van der Waals surface area (Å²) in [5.41, 5.74) is 7.32. The van der Waals surface area contributed by atoms with E-state index in [1.54, 1.807) is 0 Å². The van der Waals surface area contributed by atoms with Gasteiger partial charge in [0.15, 0.2) is 11.6 Å². The highest BCUT2D eigenvalue weighted by molar-refractivity contribution is 9.10. The van der Waals surface area contributed by atoms with Gasteiger partial charge >= 0.3 is 0 Å². The second-order valence-electron chi connectivity index (χ2n) is 9.70. The van der Waals surface area contributed by atoms with Crippen molar-refractivity contribution in [3.63, 3.8) is 0 Å². The van der Waals surface area contributed by atoms with Gasteiger partial charge in [0.05, 0.1) is 6.61 Å². The first-order valence-corrected chi connectivity index (χ1v) is 15.2. The van der Waals surface area contributed by atoms with Gasteiger partial charge in [0.2, 0.25) is 5.90 Å². The topological polar surface area (TPSA) is 92.2 Å². The van der Waals surface area contributed by atoms with Crippen molar-refractivity contribution in [3.05, 3.63) is 98.4 Å². The molecular formula is C31H35Br2N3O4. The van der Waals surface area contributed by atoms with Crippen LogP contribution in [0.5, 0.6) is 5.75 Å². The minimum atomic E-state index is -1.28. The number of hydrogen-bond donors (Lipinski definition) is 3. The van der Waals surface area contributed by atoms with Crippen molar-refractivity contribution in [3.8, 4) is 5.75 Å². The van der Waals surface area contributed by atoms with Gasteiger partial charge in [-0.3, -0.25) is 10.2 Å². The lowest BCUT2D eigenvalue weighted by atomic mass is 9.82. The van der Waals surface area contributed by atoms with Gasteiger partial charge in [-0.15, -0.1) is 0 Å². The number of carbonyl (C=O) groups excluding carboxylic acids is 1. The zero-order valence-electron chi connectivity index (χ0n) is 22.5. The van der Waals surface area contributed by atoms with Crippen LogP contribution in [0.25, 0.3) is 0 Å². The van der Waals surface area contributed by atoms with Crippen LogP contribution in [0.3, 0.4) is 0 Å². The normalized spacial score (nSPS) is 18.2. The first-order valence-electron chi connectivity index (χ1n) is 13.6. The molecule has 3 aromatic rings. The molecule has 0 fully saturated rings. The number of unbranched alkanes of at least 4 members (excludes halogenated alkanes) is 2. The van der Waals surface area contributed by atoms with Crippen LogP contribution in [0, 0.1) is 0 Å². The van der Waals surface area contributed by atoms with E-state index < -0.39 is 11.6 Å². The maximum Gasteiger partial charge on any atom is 0.266 e. The molecule has 1 aliphatic heterocycles. The number of ether oxygens (including phenoxy) is 2. The number of halogens is 2. The molecule has 1 amide bonds. The van der Waals surface area contributed by atoms with E-state index in [0.29, 0.717) is 37.6 Å². The van der Waals surface area contributed by atoms with Gasteiger partial charge in [-0.2, -0.15) is 0 Å². The molecule has 40 heavy (non-hydrogen) atoms. The molecule has 1 aliphatic rings. The second kappa shape index (κ2) is 14.8. The predicted octanol–water partition coefficient (Wildman–Crippen LogP) is 6.28. The fraction of sp³-hybridized carbons (Fsp3) is 0.355. The highest BCUT2D eigenvalue weighted by Gasteiger charge is 2.53. The van der Waals surface area contributed by atoms with Crippen LogP contribution in [0.2, 0.25) is 0 Å². The molecule has 0 spiro atoms. The Morgan fingerprint density at radius 2 is 1.77 bits per heavy atom. The second-order valence-corrected chi connectivity index (χ2v) is 11.5. The van der Waals surface area contributed by atoms with E-state index in [4.69, 9.17) is 19.6 Å². The van der Waals surface area contributed by atoms with E-state index in [2.05, 4.69) is 49.6 Å². The Balaban J connectivity index is 1.73. The number of carbonyl (C=O) groups is 1. The predicted molar refractivity (Wildman–Crippen MR) is 164 cm³/mol. The van der Waals surface area contributed by atoms with Crippen molar-refractivity contribution in [2.75, 3.05) is 19.8 Å². The van der Waals surface area contributed by atoms with Crippen molar-refractivity contribution < 1.29 is 19.4 Å². The third kappa shape index (κ3) is 7.51. The lowest BCUT2D eigenvalue weighted by Gasteiger charge is -2.31. The molecule has 2 atom stereocenters. The minimum absolute atomic E-state index is 0.0785. The molecule has 0 saturated carbocycles. The Bertz CT molecular complexity index is 1280. The quantitative estimate of drug-likeness (QED) is 0.138. The van der Waals surface area contributed by atoms with E-state index in [-0.39, 0.29) is 12.5 Å². The number of benzene rings is 3. The third-order valence-electron chi connectivity index (χ3n) is 6.71. The number of aliphatic hydroxyl groups is 1. The first kappa shape index (κ1) is 30.2. The van der Waals surface area contributed by atoms with Gasteiger partial charge in [-0.05, 0) is 54.4 Å². The lowest BCUT2D eigenvalue weighted by Crippen LogP contribution is -2.54. The summed E-state index contributed by atoms with van der Waals surface area (Å²) >= 11 is 7.19. The number of hydrogen-bond acceptors (Lipinski definition) is 6. The van der Waals surface area contributed by atoms with E-state index in [1.165, 1.54) is 0 Å². The SMILES string of the molecule is CCCCCNNC(=O)[C@@]1(Cc2ccc(Br)cc2)N=C(c2ccc(OCCCO)cc2)O[C@H]1c1ccccc1Br. The summed E-state index contributed by atoms with van der Waals surface area (Å²) in [5, 5.41) is 9.02. The highest BCUT2D eigenvalue weighted by Crippen LogP contribution is 2.44. The molecular weight excluding hydrogens is 638 g/mol. The Morgan fingerprint density at radius 1 is 1.02 bits per heavy atom. The molecule has 0 aromatic heterocycles. The number of aliphatic imine (C=N–C) groups is 1. The summed E-state index contributed by atoms with van der Waals surface area (Å²) in [5.74, 6) is 0.820. The van der Waals surface area contributed by atoms with E-state index >= 15 is 0 Å². The Hall–Kier alpha value is -2.72. The van der Waals surface area contributed by atoms with Crippen LogP contribution in [0.4, 0.5) is 0 Å². The van der Waals surface area contributed by atoms with Crippen LogP contribution < -0.4 is 15.6 Å². The molecule has 0 unspecified atom stereocenters. The molecule has 7 nitrogen and oxygen atoms in total. The third-order valence-corrected chi connectivity index (χ3v) is 7.96. The lowest BCUT2D eigenvalue weighted by molar-refractivity contribution is -0.130. The Morgan fingerprint density at radius 3 is 2.48 bits per heavy atom. The van der Waals surface area contributed by atoms with Crippen LogP contribution in [-0.2, 0) is 16.0 Å². The summed E-state index contributed by atoms with van der Waals surface area (Å²) in [6.45, 7) is 3.32. The maximum atomic E-state index is 14.1. The zero-order chi connectivity index (χ0) is 28.4. The average molecular weight is 673 g/mol. The summed E-state index contributed by atoms with van der Waals surface area (Å²) in [6.07, 6.45) is 3.35.